The molecule has 0 radical (unpaired) electrons. The third-order valence-corrected chi connectivity index (χ3v) is 4.40. The second-order valence-corrected chi connectivity index (χ2v) is 6.01. The van der Waals surface area contributed by atoms with Crippen LogP contribution in [0.3, 0.4) is 0 Å². The number of hydrogen-bond donors (Lipinski definition) is 1. The summed E-state index contributed by atoms with van der Waals surface area (Å²) < 4.78 is 26.7. The van der Waals surface area contributed by atoms with Crippen LogP contribution in [-0.4, -0.2) is 18.4 Å². The van der Waals surface area contributed by atoms with Crippen molar-refractivity contribution >= 4 is 27.4 Å². The van der Waals surface area contributed by atoms with Crippen molar-refractivity contribution in [1.29, 1.82) is 0 Å². The molecule has 100 valence electrons. The van der Waals surface area contributed by atoms with Gasteiger partial charge in [0.1, 0.15) is 15.9 Å². The van der Waals surface area contributed by atoms with Gasteiger partial charge in [-0.05, 0) is 37.6 Å². The zero-order valence-corrected chi connectivity index (χ0v) is 12.0. The van der Waals surface area contributed by atoms with Gasteiger partial charge in [0.25, 0.3) is 10.0 Å². The second-order valence-electron chi connectivity index (χ2n) is 4.00. The molecule has 0 aliphatic heterocycles. The van der Waals surface area contributed by atoms with E-state index in [0.717, 1.165) is 11.3 Å². The Morgan fingerprint density at radius 3 is 2.58 bits per heavy atom. The van der Waals surface area contributed by atoms with Crippen LogP contribution in [0.4, 0.5) is 5.82 Å². The lowest BCUT2D eigenvalue weighted by Gasteiger charge is -2.09. The second kappa shape index (κ2) is 5.14. The third-order valence-electron chi connectivity index (χ3n) is 2.60. The van der Waals surface area contributed by atoms with Gasteiger partial charge in [-0.25, -0.2) is 18.4 Å². The minimum atomic E-state index is -3.78. The maximum atomic E-state index is 12.1. The first-order valence-electron chi connectivity index (χ1n) is 5.48. The fourth-order valence-electron chi connectivity index (χ4n) is 1.45. The number of anilines is 1. The van der Waals surface area contributed by atoms with Gasteiger partial charge < -0.3 is 0 Å². The third kappa shape index (κ3) is 3.02. The highest BCUT2D eigenvalue weighted by Crippen LogP contribution is 2.21. The van der Waals surface area contributed by atoms with Crippen molar-refractivity contribution < 1.29 is 8.42 Å². The van der Waals surface area contributed by atoms with Crippen molar-refractivity contribution in [3.05, 3.63) is 46.9 Å². The number of sulfonamides is 1. The summed E-state index contributed by atoms with van der Waals surface area (Å²) in [5.74, 6) is 0.253. The van der Waals surface area contributed by atoms with E-state index in [4.69, 9.17) is 11.6 Å². The van der Waals surface area contributed by atoms with Gasteiger partial charge in [-0.1, -0.05) is 17.7 Å². The number of aromatic nitrogens is 2. The van der Waals surface area contributed by atoms with E-state index in [1.165, 1.54) is 18.3 Å². The molecule has 0 aromatic carbocycles. The first-order chi connectivity index (χ1) is 8.90. The van der Waals surface area contributed by atoms with Crippen molar-refractivity contribution in [3.63, 3.8) is 0 Å². The lowest BCUT2D eigenvalue weighted by Crippen LogP contribution is -2.15. The van der Waals surface area contributed by atoms with E-state index in [1.54, 1.807) is 12.1 Å². The molecule has 0 aliphatic carbocycles. The molecule has 2 aromatic rings. The Balaban J connectivity index is 2.37. The predicted molar refractivity (Wildman–Crippen MR) is 73.8 cm³/mol. The van der Waals surface area contributed by atoms with Crippen molar-refractivity contribution in [1.82, 2.24) is 9.97 Å². The zero-order chi connectivity index (χ0) is 14.0. The number of nitrogens with zero attached hydrogens (tertiary/aromatic N) is 2. The Kier molecular flexibility index (Phi) is 3.73. The van der Waals surface area contributed by atoms with Crippen LogP contribution in [0.15, 0.2) is 35.4 Å². The number of hydrogen-bond acceptors (Lipinski definition) is 4. The average molecular weight is 298 g/mol. The molecular formula is C12H12ClN3O2S. The number of halogens is 1. The molecule has 0 saturated heterocycles. The highest BCUT2D eigenvalue weighted by Gasteiger charge is 2.19. The summed E-state index contributed by atoms with van der Waals surface area (Å²) in [6, 6.07) is 6.29. The summed E-state index contributed by atoms with van der Waals surface area (Å²) in [5, 5.41) is -0.0705. The number of rotatable bonds is 3. The molecule has 0 spiro atoms. The maximum absolute atomic E-state index is 12.1. The number of pyridine rings is 2. The molecule has 1 N–H and O–H groups in total. The van der Waals surface area contributed by atoms with Gasteiger partial charge in [0.2, 0.25) is 0 Å². The summed E-state index contributed by atoms with van der Waals surface area (Å²) in [6.07, 6.45) is 1.43. The molecule has 2 rings (SSSR count). The van der Waals surface area contributed by atoms with E-state index in [-0.39, 0.29) is 15.9 Å². The lowest BCUT2D eigenvalue weighted by molar-refractivity contribution is 0.600. The number of aryl methyl sites for hydroxylation is 2. The van der Waals surface area contributed by atoms with E-state index in [9.17, 15) is 8.42 Å². The van der Waals surface area contributed by atoms with Gasteiger partial charge in [-0.15, -0.1) is 0 Å². The van der Waals surface area contributed by atoms with Crippen molar-refractivity contribution in [3.8, 4) is 0 Å². The van der Waals surface area contributed by atoms with Crippen LogP contribution in [0.5, 0.6) is 0 Å². The summed E-state index contributed by atoms with van der Waals surface area (Å²) in [6.45, 7) is 3.71. The maximum Gasteiger partial charge on any atom is 0.266 e. The molecule has 2 aromatic heterocycles. The highest BCUT2D eigenvalue weighted by molar-refractivity contribution is 7.92. The molecule has 0 atom stereocenters. The molecule has 0 fully saturated rings. The summed E-state index contributed by atoms with van der Waals surface area (Å²) in [7, 11) is -3.78. The minimum Gasteiger partial charge on any atom is -0.263 e. The van der Waals surface area contributed by atoms with E-state index < -0.39 is 10.0 Å². The summed E-state index contributed by atoms with van der Waals surface area (Å²) in [4.78, 5) is 7.83. The van der Waals surface area contributed by atoms with Crippen molar-refractivity contribution in [2.75, 3.05) is 4.72 Å². The largest absolute Gasteiger partial charge is 0.266 e. The van der Waals surface area contributed by atoms with Crippen LogP contribution >= 0.6 is 11.6 Å². The summed E-state index contributed by atoms with van der Waals surface area (Å²) in [5.41, 5.74) is 1.75. The molecular weight excluding hydrogens is 286 g/mol. The Labute approximate surface area is 116 Å². The lowest BCUT2D eigenvalue weighted by atomic mass is 10.2. The standard InChI is InChI=1S/C12H12ClN3O2S/c1-8-5-6-11(15-9(8)2)16-19(17,18)10-4-3-7-14-12(10)13/h3-7H,1-2H3,(H,15,16). The average Bonchev–Trinajstić information content (AvgIpc) is 2.34. The van der Waals surface area contributed by atoms with Gasteiger partial charge in [0, 0.05) is 11.9 Å². The molecule has 5 nitrogen and oxygen atoms in total. The Morgan fingerprint density at radius 1 is 1.21 bits per heavy atom. The van der Waals surface area contributed by atoms with E-state index in [1.807, 2.05) is 13.8 Å². The molecule has 0 bridgehead atoms. The normalized spacial score (nSPS) is 11.3. The zero-order valence-electron chi connectivity index (χ0n) is 10.4. The SMILES string of the molecule is Cc1ccc(NS(=O)(=O)c2cccnc2Cl)nc1C. The van der Waals surface area contributed by atoms with Crippen LogP contribution in [0.2, 0.25) is 5.15 Å². The van der Waals surface area contributed by atoms with E-state index >= 15 is 0 Å². The molecule has 19 heavy (non-hydrogen) atoms. The first-order valence-corrected chi connectivity index (χ1v) is 7.34. The number of nitrogens with one attached hydrogen (secondary N) is 1. The van der Waals surface area contributed by atoms with Crippen LogP contribution in [-0.2, 0) is 10.0 Å². The predicted octanol–water partition coefficient (Wildman–Crippen LogP) is 2.55. The van der Waals surface area contributed by atoms with Gasteiger partial charge >= 0.3 is 0 Å². The summed E-state index contributed by atoms with van der Waals surface area (Å²) >= 11 is 5.78. The van der Waals surface area contributed by atoms with Crippen LogP contribution in [0.1, 0.15) is 11.3 Å². The van der Waals surface area contributed by atoms with Crippen LogP contribution in [0.25, 0.3) is 0 Å². The quantitative estimate of drug-likeness (QED) is 0.884. The Bertz CT molecular complexity index is 717. The highest BCUT2D eigenvalue weighted by atomic mass is 35.5. The fourth-order valence-corrected chi connectivity index (χ4v) is 2.91. The topological polar surface area (TPSA) is 72.0 Å². The van der Waals surface area contributed by atoms with Crippen molar-refractivity contribution in [2.24, 2.45) is 0 Å². The van der Waals surface area contributed by atoms with Gasteiger partial charge in [0.05, 0.1) is 0 Å². The van der Waals surface area contributed by atoms with Crippen LogP contribution in [0, 0.1) is 13.8 Å². The van der Waals surface area contributed by atoms with E-state index in [0.29, 0.717) is 0 Å². The Morgan fingerprint density at radius 2 is 1.95 bits per heavy atom. The molecule has 0 aliphatic rings. The first kappa shape index (κ1) is 13.8. The van der Waals surface area contributed by atoms with Gasteiger partial charge in [-0.2, -0.15) is 0 Å². The minimum absolute atomic E-state index is 0.0705. The molecule has 7 heteroatoms. The fraction of sp³-hybridized carbons (Fsp3) is 0.167. The Hall–Kier alpha value is -1.66. The molecule has 2 heterocycles. The smallest absolute Gasteiger partial charge is 0.263 e. The van der Waals surface area contributed by atoms with Gasteiger partial charge in [0.15, 0.2) is 0 Å². The van der Waals surface area contributed by atoms with Crippen molar-refractivity contribution in [2.45, 2.75) is 18.7 Å². The monoisotopic (exact) mass is 297 g/mol. The van der Waals surface area contributed by atoms with Crippen LogP contribution < -0.4 is 4.72 Å². The van der Waals surface area contributed by atoms with E-state index in [2.05, 4.69) is 14.7 Å². The molecule has 0 saturated carbocycles. The molecule has 0 unspecified atom stereocenters. The van der Waals surface area contributed by atoms with Gasteiger partial charge in [-0.3, -0.25) is 4.72 Å². The molecule has 0 amide bonds.